The van der Waals surface area contributed by atoms with E-state index in [9.17, 15) is 0 Å². The van der Waals surface area contributed by atoms with Gasteiger partial charge in [-0.25, -0.2) is 0 Å². The van der Waals surface area contributed by atoms with Crippen molar-refractivity contribution < 1.29 is 0 Å². The number of nitrogens with two attached hydrogens (primary N) is 1. The molecule has 0 unspecified atom stereocenters. The number of benzene rings is 1. The van der Waals surface area contributed by atoms with Gasteiger partial charge in [0.2, 0.25) is 0 Å². The molecule has 86 valence electrons. The standard InChI is InChI=1S/C12H12BrNS.ClH/c1-8-4-5-9(13)7-10(8)12(14)11-3-2-6-15-11;/h2-7,12H,14H2,1H3;1H/t12-;/m0./s1. The monoisotopic (exact) mass is 317 g/mol. The zero-order valence-electron chi connectivity index (χ0n) is 8.81. The molecule has 0 saturated heterocycles. The van der Waals surface area contributed by atoms with Gasteiger partial charge in [-0.2, -0.15) is 0 Å². The Bertz CT molecular complexity index is 456. The summed E-state index contributed by atoms with van der Waals surface area (Å²) in [5.41, 5.74) is 8.64. The van der Waals surface area contributed by atoms with Crippen LogP contribution in [0, 0.1) is 6.92 Å². The molecule has 0 saturated carbocycles. The second kappa shape index (κ2) is 5.82. The molecule has 1 heterocycles. The second-order valence-electron chi connectivity index (χ2n) is 3.49. The third kappa shape index (κ3) is 2.86. The summed E-state index contributed by atoms with van der Waals surface area (Å²) in [6.45, 7) is 2.09. The van der Waals surface area contributed by atoms with Crippen LogP contribution in [0.3, 0.4) is 0 Å². The van der Waals surface area contributed by atoms with Crippen molar-refractivity contribution in [3.63, 3.8) is 0 Å². The van der Waals surface area contributed by atoms with Crippen LogP contribution >= 0.6 is 39.7 Å². The Hall–Kier alpha value is -0.350. The van der Waals surface area contributed by atoms with Gasteiger partial charge in [-0.05, 0) is 41.6 Å². The molecule has 0 bridgehead atoms. The molecule has 4 heteroatoms. The Labute approximate surface area is 114 Å². The fourth-order valence-corrected chi connectivity index (χ4v) is 2.69. The minimum atomic E-state index is -0.0116. The van der Waals surface area contributed by atoms with Gasteiger partial charge < -0.3 is 5.73 Å². The van der Waals surface area contributed by atoms with Gasteiger partial charge in [0.05, 0.1) is 6.04 Å². The van der Waals surface area contributed by atoms with Gasteiger partial charge in [0, 0.05) is 9.35 Å². The quantitative estimate of drug-likeness (QED) is 0.878. The van der Waals surface area contributed by atoms with Crippen LogP contribution in [0.4, 0.5) is 0 Å². The Balaban J connectivity index is 0.00000128. The van der Waals surface area contributed by atoms with Crippen LogP contribution in [0.2, 0.25) is 0 Å². The predicted octanol–water partition coefficient (Wildman–Crippen LogP) is 4.29. The van der Waals surface area contributed by atoms with Gasteiger partial charge in [-0.3, -0.25) is 0 Å². The summed E-state index contributed by atoms with van der Waals surface area (Å²) in [6, 6.07) is 10.3. The number of aryl methyl sites for hydroxylation is 1. The first-order valence-corrected chi connectivity index (χ1v) is 6.41. The summed E-state index contributed by atoms with van der Waals surface area (Å²) in [7, 11) is 0. The largest absolute Gasteiger partial charge is 0.320 e. The highest BCUT2D eigenvalue weighted by Gasteiger charge is 2.12. The minimum Gasteiger partial charge on any atom is -0.320 e. The van der Waals surface area contributed by atoms with Crippen molar-refractivity contribution in [2.75, 3.05) is 0 Å². The van der Waals surface area contributed by atoms with Crippen molar-refractivity contribution in [1.82, 2.24) is 0 Å². The lowest BCUT2D eigenvalue weighted by molar-refractivity contribution is 0.881. The smallest absolute Gasteiger partial charge is 0.0648 e. The third-order valence-corrected chi connectivity index (χ3v) is 3.87. The molecule has 1 aromatic carbocycles. The van der Waals surface area contributed by atoms with E-state index < -0.39 is 0 Å². The SMILES string of the molecule is Cc1ccc(Br)cc1[C@H](N)c1cccs1.Cl. The van der Waals surface area contributed by atoms with Gasteiger partial charge in [0.1, 0.15) is 0 Å². The van der Waals surface area contributed by atoms with Crippen molar-refractivity contribution in [2.24, 2.45) is 5.73 Å². The van der Waals surface area contributed by atoms with Crippen LogP contribution in [0.25, 0.3) is 0 Å². The maximum atomic E-state index is 6.22. The van der Waals surface area contributed by atoms with E-state index in [1.165, 1.54) is 16.0 Å². The molecule has 2 aromatic rings. The molecular formula is C12H13BrClNS. The lowest BCUT2D eigenvalue weighted by Gasteiger charge is -2.13. The lowest BCUT2D eigenvalue weighted by Crippen LogP contribution is -2.11. The summed E-state index contributed by atoms with van der Waals surface area (Å²) in [5.74, 6) is 0. The zero-order chi connectivity index (χ0) is 10.8. The van der Waals surface area contributed by atoms with Crippen molar-refractivity contribution >= 4 is 39.7 Å². The van der Waals surface area contributed by atoms with E-state index in [2.05, 4.69) is 46.4 Å². The van der Waals surface area contributed by atoms with Crippen LogP contribution in [-0.4, -0.2) is 0 Å². The van der Waals surface area contributed by atoms with Gasteiger partial charge in [-0.1, -0.05) is 28.1 Å². The average Bonchev–Trinajstić information content (AvgIpc) is 2.74. The second-order valence-corrected chi connectivity index (χ2v) is 5.39. The van der Waals surface area contributed by atoms with Crippen molar-refractivity contribution in [3.8, 4) is 0 Å². The van der Waals surface area contributed by atoms with Crippen LogP contribution in [0.5, 0.6) is 0 Å². The first-order chi connectivity index (χ1) is 7.18. The number of thiophene rings is 1. The van der Waals surface area contributed by atoms with Gasteiger partial charge in [0.15, 0.2) is 0 Å². The maximum absolute atomic E-state index is 6.22. The van der Waals surface area contributed by atoms with Gasteiger partial charge in [-0.15, -0.1) is 23.7 Å². The Morgan fingerprint density at radius 3 is 2.69 bits per heavy atom. The van der Waals surface area contributed by atoms with Crippen molar-refractivity contribution in [1.29, 1.82) is 0 Å². The third-order valence-electron chi connectivity index (χ3n) is 2.43. The summed E-state index contributed by atoms with van der Waals surface area (Å²) in [6.07, 6.45) is 0. The van der Waals surface area contributed by atoms with Crippen LogP contribution < -0.4 is 5.73 Å². The van der Waals surface area contributed by atoms with E-state index in [1.54, 1.807) is 11.3 Å². The van der Waals surface area contributed by atoms with E-state index in [-0.39, 0.29) is 18.4 Å². The molecule has 1 atom stereocenters. The summed E-state index contributed by atoms with van der Waals surface area (Å²) >= 11 is 5.18. The Morgan fingerprint density at radius 2 is 2.06 bits per heavy atom. The fourth-order valence-electron chi connectivity index (χ4n) is 1.57. The van der Waals surface area contributed by atoms with Crippen molar-refractivity contribution in [2.45, 2.75) is 13.0 Å². The molecule has 1 aromatic heterocycles. The molecule has 1 nitrogen and oxygen atoms in total. The summed E-state index contributed by atoms with van der Waals surface area (Å²) < 4.78 is 1.08. The number of hydrogen-bond acceptors (Lipinski definition) is 2. The summed E-state index contributed by atoms with van der Waals surface area (Å²) in [4.78, 5) is 1.20. The van der Waals surface area contributed by atoms with Crippen LogP contribution in [-0.2, 0) is 0 Å². The van der Waals surface area contributed by atoms with E-state index in [4.69, 9.17) is 5.73 Å². The lowest BCUT2D eigenvalue weighted by atomic mass is 10.0. The Morgan fingerprint density at radius 1 is 1.31 bits per heavy atom. The average molecular weight is 319 g/mol. The van der Waals surface area contributed by atoms with Crippen molar-refractivity contribution in [3.05, 3.63) is 56.2 Å². The first kappa shape index (κ1) is 13.7. The predicted molar refractivity (Wildman–Crippen MR) is 76.5 cm³/mol. The highest BCUT2D eigenvalue weighted by molar-refractivity contribution is 9.10. The molecule has 0 aliphatic carbocycles. The molecule has 2 rings (SSSR count). The molecule has 16 heavy (non-hydrogen) atoms. The maximum Gasteiger partial charge on any atom is 0.0648 e. The number of rotatable bonds is 2. The Kier molecular flexibility index (Phi) is 4.99. The van der Waals surface area contributed by atoms with E-state index >= 15 is 0 Å². The fraction of sp³-hybridized carbons (Fsp3) is 0.167. The van der Waals surface area contributed by atoms with Crippen LogP contribution in [0.1, 0.15) is 22.0 Å². The molecule has 0 amide bonds. The minimum absolute atomic E-state index is 0. The molecule has 0 radical (unpaired) electrons. The van der Waals surface area contributed by atoms with Gasteiger partial charge in [0.25, 0.3) is 0 Å². The number of halogens is 2. The zero-order valence-corrected chi connectivity index (χ0v) is 12.0. The topological polar surface area (TPSA) is 26.0 Å². The van der Waals surface area contributed by atoms with E-state index in [0.29, 0.717) is 0 Å². The molecule has 0 aliphatic heterocycles. The van der Waals surface area contributed by atoms with Crippen LogP contribution in [0.15, 0.2) is 40.2 Å². The summed E-state index contributed by atoms with van der Waals surface area (Å²) in [5, 5.41) is 2.06. The highest BCUT2D eigenvalue weighted by atomic mass is 79.9. The van der Waals surface area contributed by atoms with E-state index in [1.807, 2.05) is 12.1 Å². The molecule has 0 aliphatic rings. The number of hydrogen-bond donors (Lipinski definition) is 1. The first-order valence-electron chi connectivity index (χ1n) is 4.73. The molecular weight excluding hydrogens is 306 g/mol. The molecule has 0 spiro atoms. The normalized spacial score (nSPS) is 11.9. The molecule has 0 fully saturated rings. The van der Waals surface area contributed by atoms with Gasteiger partial charge >= 0.3 is 0 Å². The van der Waals surface area contributed by atoms with E-state index in [0.717, 1.165) is 4.47 Å². The molecule has 2 N–H and O–H groups in total. The highest BCUT2D eigenvalue weighted by Crippen LogP contribution is 2.28.